The first-order chi connectivity index (χ1) is 8.20. The van der Waals surface area contributed by atoms with Crippen LogP contribution in [0, 0.1) is 11.3 Å². The molecular weight excluding hydrogens is 280 g/mol. The van der Waals surface area contributed by atoms with Crippen LogP contribution >= 0.6 is 15.9 Å². The lowest BCUT2D eigenvalue weighted by atomic mass is 10.1. The topological polar surface area (TPSA) is 45.0 Å². The Balaban J connectivity index is 2.05. The third-order valence-electron chi connectivity index (χ3n) is 3.00. The molecule has 1 saturated heterocycles. The van der Waals surface area contributed by atoms with E-state index in [1.807, 2.05) is 18.2 Å². The summed E-state index contributed by atoms with van der Waals surface area (Å²) in [4.78, 5) is 0. The number of nitriles is 1. The zero-order valence-corrected chi connectivity index (χ0v) is 11.3. The zero-order valence-electron chi connectivity index (χ0n) is 9.74. The fourth-order valence-electron chi connectivity index (χ4n) is 2.04. The fourth-order valence-corrected chi connectivity index (χ4v) is 2.53. The first kappa shape index (κ1) is 12.4. The Hall–Kier alpha value is -1.05. The van der Waals surface area contributed by atoms with E-state index in [0.717, 1.165) is 29.6 Å². The second-order valence-electron chi connectivity index (χ2n) is 4.29. The molecule has 2 rings (SSSR count). The third kappa shape index (κ3) is 2.99. The van der Waals surface area contributed by atoms with Crippen LogP contribution in [0.5, 0.6) is 0 Å². The number of anilines is 1. The SMILES string of the molecule is CC(Nc1ccc(C#N)cc1Br)C1CCCO1. The Morgan fingerprint density at radius 1 is 1.59 bits per heavy atom. The highest BCUT2D eigenvalue weighted by molar-refractivity contribution is 9.10. The smallest absolute Gasteiger partial charge is 0.0992 e. The van der Waals surface area contributed by atoms with Gasteiger partial charge in [0.2, 0.25) is 0 Å². The molecule has 90 valence electrons. The summed E-state index contributed by atoms with van der Waals surface area (Å²) in [6.45, 7) is 2.99. The molecule has 1 aliphatic rings. The van der Waals surface area contributed by atoms with Crippen molar-refractivity contribution in [1.82, 2.24) is 0 Å². The molecule has 1 aromatic rings. The minimum absolute atomic E-state index is 0.279. The van der Waals surface area contributed by atoms with Gasteiger partial charge in [-0.25, -0.2) is 0 Å². The van der Waals surface area contributed by atoms with E-state index in [0.29, 0.717) is 5.56 Å². The summed E-state index contributed by atoms with van der Waals surface area (Å²) in [7, 11) is 0. The molecule has 0 saturated carbocycles. The highest BCUT2D eigenvalue weighted by Gasteiger charge is 2.22. The minimum Gasteiger partial charge on any atom is -0.379 e. The van der Waals surface area contributed by atoms with Gasteiger partial charge in [-0.2, -0.15) is 5.26 Å². The van der Waals surface area contributed by atoms with Crippen molar-refractivity contribution in [2.75, 3.05) is 11.9 Å². The van der Waals surface area contributed by atoms with Crippen molar-refractivity contribution < 1.29 is 4.74 Å². The van der Waals surface area contributed by atoms with Crippen molar-refractivity contribution >= 4 is 21.6 Å². The largest absolute Gasteiger partial charge is 0.379 e. The van der Waals surface area contributed by atoms with E-state index in [-0.39, 0.29) is 12.1 Å². The van der Waals surface area contributed by atoms with E-state index in [9.17, 15) is 0 Å². The molecule has 1 heterocycles. The van der Waals surface area contributed by atoms with Gasteiger partial charge in [0.15, 0.2) is 0 Å². The van der Waals surface area contributed by atoms with E-state index >= 15 is 0 Å². The molecule has 0 spiro atoms. The lowest BCUT2D eigenvalue weighted by Gasteiger charge is -2.21. The maximum Gasteiger partial charge on any atom is 0.0992 e. The van der Waals surface area contributed by atoms with Gasteiger partial charge >= 0.3 is 0 Å². The van der Waals surface area contributed by atoms with E-state index in [4.69, 9.17) is 10.00 Å². The maximum atomic E-state index is 8.80. The number of halogens is 1. The van der Waals surface area contributed by atoms with Crippen molar-refractivity contribution in [1.29, 1.82) is 5.26 Å². The van der Waals surface area contributed by atoms with Crippen molar-refractivity contribution in [3.8, 4) is 6.07 Å². The van der Waals surface area contributed by atoms with Crippen LogP contribution in [0.3, 0.4) is 0 Å². The summed E-state index contributed by atoms with van der Waals surface area (Å²) < 4.78 is 6.56. The summed E-state index contributed by atoms with van der Waals surface area (Å²) >= 11 is 3.47. The fraction of sp³-hybridized carbons (Fsp3) is 0.462. The van der Waals surface area contributed by atoms with Gasteiger partial charge < -0.3 is 10.1 Å². The van der Waals surface area contributed by atoms with E-state index in [1.165, 1.54) is 0 Å². The summed E-state index contributed by atoms with van der Waals surface area (Å²) in [5.41, 5.74) is 1.67. The standard InChI is InChI=1S/C13H15BrN2O/c1-9(13-3-2-6-17-13)16-12-5-4-10(8-15)7-11(12)14/h4-5,7,9,13,16H,2-3,6H2,1H3. The van der Waals surface area contributed by atoms with Gasteiger partial charge in [0.05, 0.1) is 17.7 Å². The zero-order chi connectivity index (χ0) is 12.3. The van der Waals surface area contributed by atoms with Crippen LogP contribution in [0.2, 0.25) is 0 Å². The molecule has 0 aromatic heterocycles. The van der Waals surface area contributed by atoms with Crippen LogP contribution < -0.4 is 5.32 Å². The Morgan fingerprint density at radius 3 is 3.00 bits per heavy atom. The molecule has 1 N–H and O–H groups in total. The first-order valence-corrected chi connectivity index (χ1v) is 6.58. The Kier molecular flexibility index (Phi) is 4.03. The van der Waals surface area contributed by atoms with Gasteiger partial charge in [-0.05, 0) is 53.9 Å². The Bertz CT molecular complexity index is 436. The highest BCUT2D eigenvalue weighted by atomic mass is 79.9. The number of benzene rings is 1. The molecule has 1 aromatic carbocycles. The molecular formula is C13H15BrN2O. The number of hydrogen-bond donors (Lipinski definition) is 1. The predicted octanol–water partition coefficient (Wildman–Crippen LogP) is 3.30. The van der Waals surface area contributed by atoms with Gasteiger partial charge in [0, 0.05) is 22.8 Å². The van der Waals surface area contributed by atoms with Crippen LogP contribution in [0.4, 0.5) is 5.69 Å². The van der Waals surface area contributed by atoms with E-state index < -0.39 is 0 Å². The van der Waals surface area contributed by atoms with E-state index in [2.05, 4.69) is 34.2 Å². The lowest BCUT2D eigenvalue weighted by Crippen LogP contribution is -2.30. The van der Waals surface area contributed by atoms with Gasteiger partial charge in [0.25, 0.3) is 0 Å². The van der Waals surface area contributed by atoms with Crippen LogP contribution in [-0.4, -0.2) is 18.8 Å². The third-order valence-corrected chi connectivity index (χ3v) is 3.66. The molecule has 2 atom stereocenters. The Morgan fingerprint density at radius 2 is 2.41 bits per heavy atom. The van der Waals surface area contributed by atoms with Crippen molar-refractivity contribution in [2.45, 2.75) is 31.9 Å². The highest BCUT2D eigenvalue weighted by Crippen LogP contribution is 2.26. The van der Waals surface area contributed by atoms with Crippen molar-refractivity contribution in [2.24, 2.45) is 0 Å². The van der Waals surface area contributed by atoms with Crippen LogP contribution in [-0.2, 0) is 4.74 Å². The average Bonchev–Trinajstić information content (AvgIpc) is 2.85. The molecule has 4 heteroatoms. The lowest BCUT2D eigenvalue weighted by molar-refractivity contribution is 0.0996. The molecule has 1 fully saturated rings. The summed E-state index contributed by atoms with van der Waals surface area (Å²) in [5, 5.41) is 12.2. The van der Waals surface area contributed by atoms with Crippen molar-refractivity contribution in [3.05, 3.63) is 28.2 Å². The van der Waals surface area contributed by atoms with Gasteiger partial charge in [-0.3, -0.25) is 0 Å². The second-order valence-corrected chi connectivity index (χ2v) is 5.15. The van der Waals surface area contributed by atoms with Crippen LogP contribution in [0.1, 0.15) is 25.3 Å². The molecule has 0 aliphatic carbocycles. The van der Waals surface area contributed by atoms with Gasteiger partial charge in [-0.15, -0.1) is 0 Å². The number of ether oxygens (including phenoxy) is 1. The molecule has 0 bridgehead atoms. The summed E-state index contributed by atoms with van der Waals surface area (Å²) in [6.07, 6.45) is 2.55. The normalized spacial score (nSPS) is 20.9. The number of nitrogens with one attached hydrogen (secondary N) is 1. The quantitative estimate of drug-likeness (QED) is 0.930. The van der Waals surface area contributed by atoms with Crippen LogP contribution in [0.25, 0.3) is 0 Å². The average molecular weight is 295 g/mol. The van der Waals surface area contributed by atoms with Gasteiger partial charge in [-0.1, -0.05) is 0 Å². The monoisotopic (exact) mass is 294 g/mol. The molecule has 0 amide bonds. The maximum absolute atomic E-state index is 8.80. The summed E-state index contributed by atoms with van der Waals surface area (Å²) in [5.74, 6) is 0. The molecule has 17 heavy (non-hydrogen) atoms. The Labute approximate surface area is 110 Å². The molecule has 1 aliphatic heterocycles. The van der Waals surface area contributed by atoms with E-state index in [1.54, 1.807) is 0 Å². The van der Waals surface area contributed by atoms with Crippen molar-refractivity contribution in [3.63, 3.8) is 0 Å². The summed E-state index contributed by atoms with van der Waals surface area (Å²) in [6, 6.07) is 7.96. The minimum atomic E-state index is 0.279. The number of nitrogens with zero attached hydrogens (tertiary/aromatic N) is 1. The molecule has 3 nitrogen and oxygen atoms in total. The predicted molar refractivity (Wildman–Crippen MR) is 70.9 cm³/mol. The van der Waals surface area contributed by atoms with Crippen LogP contribution in [0.15, 0.2) is 22.7 Å². The van der Waals surface area contributed by atoms with Gasteiger partial charge in [0.1, 0.15) is 0 Å². The molecule has 2 unspecified atom stereocenters. The second kappa shape index (κ2) is 5.52. The first-order valence-electron chi connectivity index (χ1n) is 5.78. The number of hydrogen-bond acceptors (Lipinski definition) is 3. The number of rotatable bonds is 3. The molecule has 0 radical (unpaired) electrons.